The molecular formula is C42H39Cl2N7O2. The fourth-order valence-electron chi connectivity index (χ4n) is 8.22. The fourth-order valence-corrected chi connectivity index (χ4v) is 8.57. The van der Waals surface area contributed by atoms with E-state index in [4.69, 9.17) is 28.2 Å². The van der Waals surface area contributed by atoms with Gasteiger partial charge >= 0.3 is 0 Å². The summed E-state index contributed by atoms with van der Waals surface area (Å²) >= 11 is 13.2. The Morgan fingerprint density at radius 3 is 2.42 bits per heavy atom. The average Bonchev–Trinajstić information content (AvgIpc) is 3.66. The zero-order valence-corrected chi connectivity index (χ0v) is 31.1. The summed E-state index contributed by atoms with van der Waals surface area (Å²) in [4.78, 5) is 39.6. The molecule has 268 valence electrons. The largest absolute Gasteiger partial charge is 0.355 e. The van der Waals surface area contributed by atoms with Crippen LogP contribution in [0.15, 0.2) is 110 Å². The molecule has 9 nitrogen and oxygen atoms in total. The summed E-state index contributed by atoms with van der Waals surface area (Å²) in [7, 11) is 1.77. The van der Waals surface area contributed by atoms with Crippen molar-refractivity contribution in [1.29, 1.82) is 0 Å². The first-order valence-corrected chi connectivity index (χ1v) is 18.4. The van der Waals surface area contributed by atoms with Crippen molar-refractivity contribution >= 4 is 68.7 Å². The van der Waals surface area contributed by atoms with Gasteiger partial charge in [0, 0.05) is 70.4 Å². The molecular weight excluding hydrogens is 705 g/mol. The van der Waals surface area contributed by atoms with E-state index >= 15 is 0 Å². The number of nitrogens with zero attached hydrogens (tertiary/aromatic N) is 4. The molecule has 0 bridgehead atoms. The molecule has 0 aliphatic carbocycles. The Morgan fingerprint density at radius 2 is 1.75 bits per heavy atom. The lowest BCUT2D eigenvalue weighted by Gasteiger charge is -2.40. The zero-order chi connectivity index (χ0) is 37.0. The van der Waals surface area contributed by atoms with Crippen LogP contribution in [0.4, 0.5) is 11.5 Å². The van der Waals surface area contributed by atoms with Gasteiger partial charge < -0.3 is 20.1 Å². The second kappa shape index (κ2) is 13.6. The van der Waals surface area contributed by atoms with E-state index in [0.29, 0.717) is 46.8 Å². The number of hydrazine groups is 1. The Hall–Kier alpha value is -5.35. The number of pyridine rings is 1. The monoisotopic (exact) mass is 743 g/mol. The highest BCUT2D eigenvalue weighted by molar-refractivity contribution is 6.32. The number of halogens is 2. The maximum absolute atomic E-state index is 14.8. The molecule has 53 heavy (non-hydrogen) atoms. The van der Waals surface area contributed by atoms with Crippen LogP contribution >= 0.6 is 23.2 Å². The third kappa shape index (κ3) is 6.08. The maximum atomic E-state index is 14.8. The van der Waals surface area contributed by atoms with Crippen LogP contribution in [0.25, 0.3) is 22.2 Å². The molecule has 0 radical (unpaired) electrons. The fraction of sp³-hybridized carbons (Fsp3) is 0.214. The Kier molecular flexibility index (Phi) is 8.89. The first-order chi connectivity index (χ1) is 25.6. The normalized spacial score (nSPS) is 18.8. The van der Waals surface area contributed by atoms with Gasteiger partial charge in [-0.2, -0.15) is 0 Å². The lowest BCUT2D eigenvalue weighted by atomic mass is 9.83. The lowest BCUT2D eigenvalue weighted by Crippen LogP contribution is -2.52. The third-order valence-electron chi connectivity index (χ3n) is 10.6. The van der Waals surface area contributed by atoms with Crippen molar-refractivity contribution in [3.63, 3.8) is 0 Å². The van der Waals surface area contributed by atoms with Crippen LogP contribution in [0.1, 0.15) is 65.0 Å². The second-order valence-electron chi connectivity index (χ2n) is 14.0. The van der Waals surface area contributed by atoms with Crippen molar-refractivity contribution in [3.8, 4) is 0 Å². The molecule has 0 saturated carbocycles. The molecule has 1 spiro atoms. The number of hydrogen-bond donors (Lipinski definition) is 3. The lowest BCUT2D eigenvalue weighted by molar-refractivity contribution is -0.128. The van der Waals surface area contributed by atoms with Crippen LogP contribution in [-0.4, -0.2) is 57.4 Å². The van der Waals surface area contributed by atoms with Crippen molar-refractivity contribution in [2.75, 3.05) is 30.4 Å². The number of amides is 2. The molecule has 5 heterocycles. The van der Waals surface area contributed by atoms with Gasteiger partial charge in [-0.05, 0) is 84.6 Å². The standard InChI is InChI=1S/C42H39Cl2N7O2/c1-5-51-38(27-13-15-28(43)16-14-27)30-22-29(44)23-32-35(30)36(39(51)34(25(2)3)26-10-7-6-8-11-26)37(46-32)41(53)47-31-12-9-19-45-40(31)50-20-17-42(18-21-50)24-33(52)49(4)48-42/h5-16,19,22-23,38,46,48H,1-2,17-18,20-21,24H2,3-4H3,(H,47,53). The highest BCUT2D eigenvalue weighted by atomic mass is 35.5. The van der Waals surface area contributed by atoms with E-state index in [1.165, 1.54) is 0 Å². The smallest absolute Gasteiger partial charge is 0.272 e. The number of anilines is 2. The number of piperidine rings is 1. The summed E-state index contributed by atoms with van der Waals surface area (Å²) in [5, 5.41) is 6.86. The number of carbonyl (C=O) groups is 2. The SMILES string of the molecule is C=CN1C(=C(C(=C)C)c2ccccc2)c2c(C(=O)Nc3cccnc3N3CCC4(CC3)CC(=O)N(C)N4)[nH]c3cc(Cl)cc(c23)C1c1ccc(Cl)cc1. The molecule has 11 heteroatoms. The molecule has 2 aromatic heterocycles. The van der Waals surface area contributed by atoms with Gasteiger partial charge in [0.1, 0.15) is 5.69 Å². The number of benzene rings is 3. The molecule has 3 aromatic carbocycles. The van der Waals surface area contributed by atoms with Gasteiger partial charge in [-0.1, -0.05) is 78.8 Å². The van der Waals surface area contributed by atoms with Crippen molar-refractivity contribution in [2.45, 2.75) is 37.8 Å². The van der Waals surface area contributed by atoms with Crippen LogP contribution in [0.5, 0.6) is 0 Å². The number of rotatable bonds is 7. The molecule has 3 N–H and O–H groups in total. The summed E-state index contributed by atoms with van der Waals surface area (Å²) in [6.45, 7) is 12.1. The van der Waals surface area contributed by atoms with E-state index in [-0.39, 0.29) is 23.4 Å². The van der Waals surface area contributed by atoms with Gasteiger partial charge in [-0.3, -0.25) is 14.6 Å². The van der Waals surface area contributed by atoms with Gasteiger partial charge in [0.25, 0.3) is 5.91 Å². The third-order valence-corrected chi connectivity index (χ3v) is 11.1. The summed E-state index contributed by atoms with van der Waals surface area (Å²) in [6, 6.07) is 25.0. The minimum Gasteiger partial charge on any atom is -0.355 e. The number of nitrogens with one attached hydrogen (secondary N) is 3. The van der Waals surface area contributed by atoms with Crippen molar-refractivity contribution in [2.24, 2.45) is 0 Å². The highest BCUT2D eigenvalue weighted by Crippen LogP contribution is 2.51. The van der Waals surface area contributed by atoms with Crippen molar-refractivity contribution in [3.05, 3.63) is 148 Å². The van der Waals surface area contributed by atoms with Gasteiger partial charge in [-0.15, -0.1) is 0 Å². The van der Waals surface area contributed by atoms with E-state index in [9.17, 15) is 9.59 Å². The average molecular weight is 745 g/mol. The predicted octanol–water partition coefficient (Wildman–Crippen LogP) is 8.82. The first kappa shape index (κ1) is 34.7. The summed E-state index contributed by atoms with van der Waals surface area (Å²) in [5.74, 6) is 0.451. The summed E-state index contributed by atoms with van der Waals surface area (Å²) in [6.07, 6.45) is 5.56. The Balaban J connectivity index is 1.27. The molecule has 3 aliphatic rings. The highest BCUT2D eigenvalue weighted by Gasteiger charge is 2.44. The van der Waals surface area contributed by atoms with Gasteiger partial charge in [-0.25, -0.2) is 10.4 Å². The Labute approximate surface area is 318 Å². The molecule has 3 aliphatic heterocycles. The number of carbonyl (C=O) groups excluding carboxylic acids is 2. The van der Waals surface area contributed by atoms with E-state index in [2.05, 4.69) is 50.8 Å². The van der Waals surface area contributed by atoms with E-state index in [1.54, 1.807) is 24.5 Å². The summed E-state index contributed by atoms with van der Waals surface area (Å²) < 4.78 is 0. The first-order valence-electron chi connectivity index (χ1n) is 17.6. The van der Waals surface area contributed by atoms with Crippen LogP contribution in [-0.2, 0) is 4.79 Å². The van der Waals surface area contributed by atoms with E-state index in [1.807, 2.05) is 73.7 Å². The molecule has 5 aromatic rings. The second-order valence-corrected chi connectivity index (χ2v) is 14.9. The number of H-pyrrole nitrogens is 1. The molecule has 1 atom stereocenters. The number of aromatic nitrogens is 2. The maximum Gasteiger partial charge on any atom is 0.272 e. The number of hydrogen-bond acceptors (Lipinski definition) is 6. The van der Waals surface area contributed by atoms with E-state index < -0.39 is 0 Å². The molecule has 2 saturated heterocycles. The van der Waals surface area contributed by atoms with Crippen LogP contribution < -0.4 is 15.6 Å². The van der Waals surface area contributed by atoms with Crippen molar-refractivity contribution in [1.82, 2.24) is 25.3 Å². The molecule has 2 amide bonds. The predicted molar refractivity (Wildman–Crippen MR) is 214 cm³/mol. The molecule has 8 rings (SSSR count). The van der Waals surface area contributed by atoms with Gasteiger partial charge in [0.05, 0.1) is 17.4 Å². The van der Waals surface area contributed by atoms with Gasteiger partial charge in [0.15, 0.2) is 5.82 Å². The minimum atomic E-state index is -0.338. The Morgan fingerprint density at radius 1 is 1.02 bits per heavy atom. The van der Waals surface area contributed by atoms with Crippen molar-refractivity contribution < 1.29 is 9.59 Å². The van der Waals surface area contributed by atoms with Gasteiger partial charge in [0.2, 0.25) is 5.91 Å². The molecule has 2 fully saturated rings. The van der Waals surface area contributed by atoms with E-state index in [0.717, 1.165) is 62.8 Å². The number of aromatic amines is 1. The summed E-state index contributed by atoms with van der Waals surface area (Å²) in [5.41, 5.74) is 10.9. The van der Waals surface area contributed by atoms with Crippen LogP contribution in [0, 0.1) is 0 Å². The number of allylic oxidation sites excluding steroid dienone is 2. The molecule has 1 unspecified atom stereocenters. The minimum absolute atomic E-state index is 0.0981. The Bertz CT molecular complexity index is 2330. The van der Waals surface area contributed by atoms with Crippen LogP contribution in [0.2, 0.25) is 10.0 Å². The van der Waals surface area contributed by atoms with Crippen LogP contribution in [0.3, 0.4) is 0 Å². The zero-order valence-electron chi connectivity index (χ0n) is 29.5. The topological polar surface area (TPSA) is 96.6 Å². The quantitative estimate of drug-likeness (QED) is 0.154.